The van der Waals surface area contributed by atoms with Gasteiger partial charge in [0.1, 0.15) is 5.01 Å². The largest absolute Gasteiger partial charge is 0.305 e. The molecule has 1 atom stereocenters. The average Bonchev–Trinajstić information content (AvgIpc) is 2.78. The monoisotopic (exact) mass is 274 g/mol. The van der Waals surface area contributed by atoms with Gasteiger partial charge in [-0.1, -0.05) is 38.1 Å². The van der Waals surface area contributed by atoms with Gasteiger partial charge in [0.2, 0.25) is 0 Å². The van der Waals surface area contributed by atoms with E-state index < -0.39 is 0 Å². The maximum absolute atomic E-state index is 4.82. The Bertz CT molecular complexity index is 545. The number of benzene rings is 1. The third kappa shape index (κ3) is 3.04. The second kappa shape index (κ2) is 6.31. The van der Waals surface area contributed by atoms with Crippen molar-refractivity contribution in [2.45, 2.75) is 40.2 Å². The third-order valence-corrected chi connectivity index (χ3v) is 4.48. The summed E-state index contributed by atoms with van der Waals surface area (Å²) in [5, 5.41) is 4.75. The van der Waals surface area contributed by atoms with Gasteiger partial charge in [0.05, 0.1) is 11.7 Å². The molecular formula is C16H22N2S. The van der Waals surface area contributed by atoms with E-state index >= 15 is 0 Å². The van der Waals surface area contributed by atoms with Gasteiger partial charge in [-0.2, -0.15) is 0 Å². The van der Waals surface area contributed by atoms with Crippen LogP contribution >= 0.6 is 11.3 Å². The van der Waals surface area contributed by atoms with Crippen molar-refractivity contribution in [3.8, 4) is 0 Å². The SMILES string of the molecule is CCNC(c1nc(CC)c(C)s1)c1ccccc1C. The number of aromatic nitrogens is 1. The molecule has 2 aromatic rings. The fourth-order valence-electron chi connectivity index (χ4n) is 2.35. The summed E-state index contributed by atoms with van der Waals surface area (Å²) in [6, 6.07) is 8.78. The second-order valence-corrected chi connectivity index (χ2v) is 5.99. The first-order chi connectivity index (χ1) is 9.17. The van der Waals surface area contributed by atoms with E-state index in [1.807, 2.05) is 11.3 Å². The van der Waals surface area contributed by atoms with Gasteiger partial charge in [0.15, 0.2) is 0 Å². The fraction of sp³-hybridized carbons (Fsp3) is 0.438. The topological polar surface area (TPSA) is 24.9 Å². The van der Waals surface area contributed by atoms with Crippen LogP contribution in [0.2, 0.25) is 0 Å². The van der Waals surface area contributed by atoms with Crippen LogP contribution in [0.1, 0.15) is 46.6 Å². The van der Waals surface area contributed by atoms with Crippen LogP contribution in [-0.2, 0) is 6.42 Å². The van der Waals surface area contributed by atoms with E-state index in [9.17, 15) is 0 Å². The zero-order valence-corrected chi connectivity index (χ0v) is 13.0. The smallest absolute Gasteiger partial charge is 0.115 e. The van der Waals surface area contributed by atoms with Crippen LogP contribution in [-0.4, -0.2) is 11.5 Å². The minimum atomic E-state index is 0.218. The van der Waals surface area contributed by atoms with Gasteiger partial charge in [0.25, 0.3) is 0 Å². The molecule has 0 aliphatic rings. The van der Waals surface area contributed by atoms with Gasteiger partial charge in [0, 0.05) is 4.88 Å². The molecule has 0 radical (unpaired) electrons. The lowest BCUT2D eigenvalue weighted by molar-refractivity contribution is 0.622. The first kappa shape index (κ1) is 14.2. The summed E-state index contributed by atoms with van der Waals surface area (Å²) in [6.07, 6.45) is 1.01. The maximum Gasteiger partial charge on any atom is 0.115 e. The molecule has 1 aromatic carbocycles. The lowest BCUT2D eigenvalue weighted by Gasteiger charge is -2.18. The van der Waals surface area contributed by atoms with Crippen molar-refractivity contribution >= 4 is 11.3 Å². The predicted molar refractivity (Wildman–Crippen MR) is 82.9 cm³/mol. The summed E-state index contributed by atoms with van der Waals surface area (Å²) in [4.78, 5) is 6.16. The Morgan fingerprint density at radius 3 is 2.53 bits per heavy atom. The predicted octanol–water partition coefficient (Wildman–Crippen LogP) is 4.02. The highest BCUT2D eigenvalue weighted by molar-refractivity contribution is 7.11. The summed E-state index contributed by atoms with van der Waals surface area (Å²) in [6.45, 7) is 9.59. The summed E-state index contributed by atoms with van der Waals surface area (Å²) < 4.78 is 0. The van der Waals surface area contributed by atoms with Crippen molar-refractivity contribution in [1.29, 1.82) is 0 Å². The van der Waals surface area contributed by atoms with Gasteiger partial charge < -0.3 is 5.32 Å². The molecule has 0 saturated carbocycles. The summed E-state index contributed by atoms with van der Waals surface area (Å²) >= 11 is 1.82. The highest BCUT2D eigenvalue weighted by Gasteiger charge is 2.19. The molecule has 102 valence electrons. The lowest BCUT2D eigenvalue weighted by atomic mass is 10.0. The first-order valence-corrected chi connectivity index (χ1v) is 7.74. The maximum atomic E-state index is 4.82. The molecule has 0 aliphatic carbocycles. The number of nitrogens with one attached hydrogen (secondary N) is 1. The molecule has 1 aromatic heterocycles. The van der Waals surface area contributed by atoms with Gasteiger partial charge in [-0.25, -0.2) is 4.98 Å². The van der Waals surface area contributed by atoms with E-state index in [0.717, 1.165) is 13.0 Å². The molecule has 0 amide bonds. The number of rotatable bonds is 5. The molecule has 0 bridgehead atoms. The van der Waals surface area contributed by atoms with E-state index in [4.69, 9.17) is 4.98 Å². The highest BCUT2D eigenvalue weighted by atomic mass is 32.1. The molecule has 0 fully saturated rings. The number of hydrogen-bond acceptors (Lipinski definition) is 3. The van der Waals surface area contributed by atoms with E-state index in [1.165, 1.54) is 26.7 Å². The number of thiazole rings is 1. The molecular weight excluding hydrogens is 252 g/mol. The Hall–Kier alpha value is -1.19. The normalized spacial score (nSPS) is 12.6. The Labute approximate surface area is 119 Å². The fourth-order valence-corrected chi connectivity index (χ4v) is 3.45. The third-order valence-electron chi connectivity index (χ3n) is 3.40. The van der Waals surface area contributed by atoms with Crippen LogP contribution in [0.25, 0.3) is 0 Å². The van der Waals surface area contributed by atoms with Crippen molar-refractivity contribution in [2.24, 2.45) is 0 Å². The van der Waals surface area contributed by atoms with Crippen LogP contribution in [0.4, 0.5) is 0 Å². The van der Waals surface area contributed by atoms with Crippen LogP contribution in [0, 0.1) is 13.8 Å². The van der Waals surface area contributed by atoms with Crippen molar-refractivity contribution in [2.75, 3.05) is 6.54 Å². The lowest BCUT2D eigenvalue weighted by Crippen LogP contribution is -2.22. The van der Waals surface area contributed by atoms with Crippen molar-refractivity contribution < 1.29 is 0 Å². The molecule has 1 N–H and O–H groups in total. The van der Waals surface area contributed by atoms with Gasteiger partial charge in [-0.15, -0.1) is 11.3 Å². The van der Waals surface area contributed by atoms with Crippen LogP contribution in [0.3, 0.4) is 0 Å². The van der Waals surface area contributed by atoms with Gasteiger partial charge >= 0.3 is 0 Å². The summed E-state index contributed by atoms with van der Waals surface area (Å²) in [5.74, 6) is 0. The molecule has 1 heterocycles. The highest BCUT2D eigenvalue weighted by Crippen LogP contribution is 2.29. The average molecular weight is 274 g/mol. The number of nitrogens with zero attached hydrogens (tertiary/aromatic N) is 1. The molecule has 0 spiro atoms. The minimum Gasteiger partial charge on any atom is -0.305 e. The van der Waals surface area contributed by atoms with Gasteiger partial charge in [-0.3, -0.25) is 0 Å². The van der Waals surface area contributed by atoms with E-state index in [2.05, 4.69) is 57.3 Å². The van der Waals surface area contributed by atoms with E-state index in [-0.39, 0.29) is 6.04 Å². The molecule has 0 saturated heterocycles. The standard InChI is InChI=1S/C16H22N2S/c1-5-14-12(4)19-16(18-14)15(17-6-2)13-10-8-7-9-11(13)3/h7-10,15,17H,5-6H2,1-4H3. The number of hydrogen-bond donors (Lipinski definition) is 1. The van der Waals surface area contributed by atoms with Crippen molar-refractivity contribution in [1.82, 2.24) is 10.3 Å². The Morgan fingerprint density at radius 1 is 1.21 bits per heavy atom. The van der Waals surface area contributed by atoms with Crippen molar-refractivity contribution in [3.05, 3.63) is 51.0 Å². The second-order valence-electron chi connectivity index (χ2n) is 4.76. The molecule has 19 heavy (non-hydrogen) atoms. The van der Waals surface area contributed by atoms with E-state index in [1.54, 1.807) is 0 Å². The van der Waals surface area contributed by atoms with Crippen LogP contribution in [0.5, 0.6) is 0 Å². The zero-order chi connectivity index (χ0) is 13.8. The molecule has 1 unspecified atom stereocenters. The summed E-state index contributed by atoms with van der Waals surface area (Å²) in [7, 11) is 0. The van der Waals surface area contributed by atoms with Crippen molar-refractivity contribution in [3.63, 3.8) is 0 Å². The Kier molecular flexibility index (Phi) is 4.72. The van der Waals surface area contributed by atoms with E-state index in [0.29, 0.717) is 0 Å². The molecule has 3 heteroatoms. The summed E-state index contributed by atoms with van der Waals surface area (Å²) in [5.41, 5.74) is 3.89. The quantitative estimate of drug-likeness (QED) is 0.890. The van der Waals surface area contributed by atoms with Crippen LogP contribution < -0.4 is 5.32 Å². The van der Waals surface area contributed by atoms with Crippen LogP contribution in [0.15, 0.2) is 24.3 Å². The first-order valence-electron chi connectivity index (χ1n) is 6.92. The number of aryl methyl sites for hydroxylation is 3. The molecule has 0 aliphatic heterocycles. The molecule has 2 nitrogen and oxygen atoms in total. The Balaban J connectivity index is 2.42. The Morgan fingerprint density at radius 2 is 1.95 bits per heavy atom. The van der Waals surface area contributed by atoms with Gasteiger partial charge in [-0.05, 0) is 37.9 Å². The zero-order valence-electron chi connectivity index (χ0n) is 12.2. The minimum absolute atomic E-state index is 0.218. The molecule has 2 rings (SSSR count).